The smallest absolute Gasteiger partial charge is 0.311 e. The lowest BCUT2D eigenvalue weighted by Gasteiger charge is -2.14. The van der Waals surface area contributed by atoms with E-state index in [9.17, 15) is 18.9 Å². The van der Waals surface area contributed by atoms with E-state index in [-0.39, 0.29) is 28.9 Å². The maximum Gasteiger partial charge on any atom is 0.311 e. The second-order valence-electron chi connectivity index (χ2n) is 5.88. The van der Waals surface area contributed by atoms with E-state index in [1.807, 2.05) is 0 Å². The van der Waals surface area contributed by atoms with Crippen LogP contribution in [0.3, 0.4) is 0 Å². The lowest BCUT2D eigenvalue weighted by atomic mass is 10.1. The Labute approximate surface area is 159 Å². The summed E-state index contributed by atoms with van der Waals surface area (Å²) in [6.45, 7) is 0.173. The van der Waals surface area contributed by atoms with Crippen LogP contribution in [0.4, 0.5) is 20.2 Å². The Kier molecular flexibility index (Phi) is 5.53. The number of nitrogens with one attached hydrogen (secondary N) is 1. The van der Waals surface area contributed by atoms with E-state index in [1.165, 1.54) is 32.4 Å². The molecule has 0 amide bonds. The molecule has 0 aliphatic heterocycles. The van der Waals surface area contributed by atoms with Gasteiger partial charge in [0.05, 0.1) is 24.7 Å². The van der Waals surface area contributed by atoms with E-state index < -0.39 is 11.3 Å². The summed E-state index contributed by atoms with van der Waals surface area (Å²) in [6.07, 6.45) is -1.59. The highest BCUT2D eigenvalue weighted by molar-refractivity contribution is 5.96. The van der Waals surface area contributed by atoms with Crippen LogP contribution in [0.1, 0.15) is 17.6 Å². The Hall–Kier alpha value is -3.49. The second kappa shape index (κ2) is 8.03. The number of ether oxygens (including phenoxy) is 2. The fraction of sp³-hybridized carbons (Fsp3) is 0.211. The summed E-state index contributed by atoms with van der Waals surface area (Å²) in [7, 11) is 3.03. The van der Waals surface area contributed by atoms with E-state index in [2.05, 4.69) is 10.3 Å². The Bertz CT molecular complexity index is 1030. The number of halogens is 2. The van der Waals surface area contributed by atoms with Crippen LogP contribution in [0.2, 0.25) is 0 Å². The summed E-state index contributed by atoms with van der Waals surface area (Å²) < 4.78 is 36.7. The highest BCUT2D eigenvalue weighted by Crippen LogP contribution is 2.35. The number of hydrogen-bond donors (Lipinski definition) is 1. The van der Waals surface area contributed by atoms with Gasteiger partial charge in [-0.25, -0.2) is 13.8 Å². The number of hydrogen-bond acceptors (Lipinski definition) is 6. The normalized spacial score (nSPS) is 10.9. The fourth-order valence-corrected chi connectivity index (χ4v) is 2.84. The van der Waals surface area contributed by atoms with Crippen molar-refractivity contribution < 1.29 is 23.2 Å². The van der Waals surface area contributed by atoms with Crippen molar-refractivity contribution in [2.24, 2.45) is 0 Å². The third kappa shape index (κ3) is 3.78. The maximum absolute atomic E-state index is 13.1. The molecular weight excluding hydrogens is 372 g/mol. The quantitative estimate of drug-likeness (QED) is 0.465. The number of nitro groups is 1. The van der Waals surface area contributed by atoms with Gasteiger partial charge in [0.1, 0.15) is 23.4 Å². The molecule has 0 atom stereocenters. The van der Waals surface area contributed by atoms with Crippen LogP contribution < -0.4 is 14.8 Å². The first-order valence-corrected chi connectivity index (χ1v) is 8.24. The number of alkyl halides is 2. The van der Waals surface area contributed by atoms with Crippen LogP contribution in [0.5, 0.6) is 11.5 Å². The highest BCUT2D eigenvalue weighted by atomic mass is 19.3. The summed E-state index contributed by atoms with van der Waals surface area (Å²) in [4.78, 5) is 14.8. The van der Waals surface area contributed by atoms with Crippen molar-refractivity contribution in [3.8, 4) is 11.5 Å². The minimum atomic E-state index is -2.70. The molecule has 0 aliphatic carbocycles. The van der Waals surface area contributed by atoms with Gasteiger partial charge in [-0.15, -0.1) is 0 Å². The summed E-state index contributed by atoms with van der Waals surface area (Å²) in [5.41, 5.74) is 0.674. The third-order valence-electron chi connectivity index (χ3n) is 4.27. The summed E-state index contributed by atoms with van der Waals surface area (Å²) >= 11 is 0. The maximum atomic E-state index is 13.1. The molecule has 0 aliphatic rings. The zero-order valence-electron chi connectivity index (χ0n) is 15.1. The van der Waals surface area contributed by atoms with Crippen LogP contribution in [-0.4, -0.2) is 24.1 Å². The van der Waals surface area contributed by atoms with Crippen LogP contribution in [0.25, 0.3) is 10.9 Å². The molecule has 9 heteroatoms. The van der Waals surface area contributed by atoms with Crippen LogP contribution in [0, 0.1) is 10.1 Å². The van der Waals surface area contributed by atoms with Crippen molar-refractivity contribution in [3.05, 3.63) is 63.8 Å². The Morgan fingerprint density at radius 1 is 1.18 bits per heavy atom. The van der Waals surface area contributed by atoms with Gasteiger partial charge in [0.2, 0.25) is 0 Å². The van der Waals surface area contributed by atoms with E-state index in [0.29, 0.717) is 22.6 Å². The van der Waals surface area contributed by atoms with Crippen molar-refractivity contribution in [1.82, 2.24) is 4.98 Å². The molecule has 1 aromatic heterocycles. The summed E-state index contributed by atoms with van der Waals surface area (Å²) in [5, 5.41) is 14.7. The minimum absolute atomic E-state index is 0.121. The Balaban J connectivity index is 2.04. The van der Waals surface area contributed by atoms with Crippen molar-refractivity contribution in [2.75, 3.05) is 19.5 Å². The zero-order chi connectivity index (χ0) is 20.3. The molecule has 1 heterocycles. The molecular formula is C19H17F2N3O4. The van der Waals surface area contributed by atoms with Gasteiger partial charge in [-0.2, -0.15) is 0 Å². The van der Waals surface area contributed by atoms with Gasteiger partial charge < -0.3 is 14.8 Å². The first kappa shape index (κ1) is 19.3. The molecule has 28 heavy (non-hydrogen) atoms. The van der Waals surface area contributed by atoms with Crippen molar-refractivity contribution in [3.63, 3.8) is 0 Å². The molecule has 7 nitrogen and oxygen atoms in total. The summed E-state index contributed by atoms with van der Waals surface area (Å²) in [5.74, 6) is 1.13. The molecule has 0 saturated heterocycles. The first-order chi connectivity index (χ1) is 13.4. The number of nitrogens with zero attached hydrogens (tertiary/aromatic N) is 2. The zero-order valence-corrected chi connectivity index (χ0v) is 15.1. The van der Waals surface area contributed by atoms with E-state index >= 15 is 0 Å². The average molecular weight is 389 g/mol. The standard InChI is InChI=1S/C19H17F2N3O4/c1-27-13-5-3-12(17(8-13)28-2)9-23-18-14-7-11(19(20)21)4-6-15(14)22-10-16(18)24(25)26/h3-8,10,19H,9H2,1-2H3,(H,22,23). The molecule has 0 saturated carbocycles. The van der Waals surface area contributed by atoms with Crippen molar-refractivity contribution in [1.29, 1.82) is 0 Å². The number of aromatic nitrogens is 1. The molecule has 0 spiro atoms. The molecule has 0 unspecified atom stereocenters. The summed E-state index contributed by atoms with van der Waals surface area (Å²) in [6, 6.07) is 9.05. The van der Waals surface area contributed by atoms with E-state index in [4.69, 9.17) is 9.47 Å². The minimum Gasteiger partial charge on any atom is -0.497 e. The molecule has 3 aromatic rings. The van der Waals surface area contributed by atoms with Crippen LogP contribution in [0.15, 0.2) is 42.6 Å². The van der Waals surface area contributed by atoms with Gasteiger partial charge in [0, 0.05) is 29.1 Å². The van der Waals surface area contributed by atoms with Gasteiger partial charge in [-0.3, -0.25) is 10.1 Å². The van der Waals surface area contributed by atoms with Crippen molar-refractivity contribution in [2.45, 2.75) is 13.0 Å². The molecule has 1 N–H and O–H groups in total. The van der Waals surface area contributed by atoms with Crippen LogP contribution in [-0.2, 0) is 6.54 Å². The Morgan fingerprint density at radius 3 is 2.61 bits per heavy atom. The molecule has 2 aromatic carbocycles. The Morgan fingerprint density at radius 2 is 1.96 bits per heavy atom. The van der Waals surface area contributed by atoms with Gasteiger partial charge >= 0.3 is 5.69 Å². The number of methoxy groups -OCH3 is 2. The van der Waals surface area contributed by atoms with Gasteiger partial charge in [-0.05, 0) is 24.3 Å². The highest BCUT2D eigenvalue weighted by Gasteiger charge is 2.20. The monoisotopic (exact) mass is 389 g/mol. The molecule has 0 radical (unpaired) electrons. The van der Waals surface area contributed by atoms with E-state index in [0.717, 1.165) is 6.20 Å². The van der Waals surface area contributed by atoms with Crippen molar-refractivity contribution >= 4 is 22.3 Å². The average Bonchev–Trinajstić information content (AvgIpc) is 2.70. The van der Waals surface area contributed by atoms with Gasteiger partial charge in [0.15, 0.2) is 0 Å². The first-order valence-electron chi connectivity index (χ1n) is 8.24. The molecule has 0 bridgehead atoms. The SMILES string of the molecule is COc1ccc(CNc2c([N+](=O)[O-])cnc3ccc(C(F)F)cc23)c(OC)c1. The second-order valence-corrected chi connectivity index (χ2v) is 5.88. The number of fused-ring (bicyclic) bond motifs is 1. The van der Waals surface area contributed by atoms with Gasteiger partial charge in [0.25, 0.3) is 6.43 Å². The molecule has 0 fully saturated rings. The molecule has 3 rings (SSSR count). The predicted molar refractivity (Wildman–Crippen MR) is 100 cm³/mol. The lowest BCUT2D eigenvalue weighted by molar-refractivity contribution is -0.384. The molecule has 146 valence electrons. The number of anilines is 1. The lowest BCUT2D eigenvalue weighted by Crippen LogP contribution is -2.06. The predicted octanol–water partition coefficient (Wildman–Crippen LogP) is 4.71. The van der Waals surface area contributed by atoms with E-state index in [1.54, 1.807) is 18.2 Å². The number of pyridine rings is 1. The number of rotatable bonds is 7. The third-order valence-corrected chi connectivity index (χ3v) is 4.27. The van der Waals surface area contributed by atoms with Gasteiger partial charge in [-0.1, -0.05) is 6.07 Å². The van der Waals surface area contributed by atoms with Crippen LogP contribution >= 0.6 is 0 Å². The topological polar surface area (TPSA) is 86.5 Å². The fourth-order valence-electron chi connectivity index (χ4n) is 2.84. The largest absolute Gasteiger partial charge is 0.497 e. The number of benzene rings is 2.